The summed E-state index contributed by atoms with van der Waals surface area (Å²) in [5.74, 6) is -0.459. The molecule has 0 unspecified atom stereocenters. The highest BCUT2D eigenvalue weighted by Crippen LogP contribution is 2.33. The molecule has 4 aromatic rings. The number of aromatic nitrogens is 3. The van der Waals surface area contributed by atoms with Crippen molar-refractivity contribution in [2.75, 3.05) is 19.5 Å². The first-order valence-electron chi connectivity index (χ1n) is 9.12. The highest BCUT2D eigenvalue weighted by Gasteiger charge is 2.27. The van der Waals surface area contributed by atoms with E-state index in [0.717, 1.165) is 0 Å². The number of anilines is 1. The monoisotopic (exact) mass is 444 g/mol. The second kappa shape index (κ2) is 8.10. The van der Waals surface area contributed by atoms with E-state index >= 15 is 0 Å². The Kier molecular flexibility index (Phi) is 5.51. The minimum Gasteiger partial charge on any atom is -0.456 e. The average Bonchev–Trinajstić information content (AvgIpc) is 2.99. The molecule has 9 heteroatoms. The molecule has 2 N–H and O–H groups in total. The molecule has 4 rings (SSSR count). The summed E-state index contributed by atoms with van der Waals surface area (Å²) in [6.45, 7) is 1.99. The zero-order valence-electron chi connectivity index (χ0n) is 16.2. The first-order chi connectivity index (χ1) is 14.4. The molecule has 0 amide bonds. The largest absolute Gasteiger partial charge is 0.456 e. The summed E-state index contributed by atoms with van der Waals surface area (Å²) in [5.41, 5.74) is 9.21. The van der Waals surface area contributed by atoms with E-state index in [1.165, 1.54) is 7.11 Å². The van der Waals surface area contributed by atoms with Gasteiger partial charge in [0.05, 0.1) is 33.4 Å². The summed E-state index contributed by atoms with van der Waals surface area (Å²) in [5, 5.41) is 0.752. The number of esters is 1. The highest BCUT2D eigenvalue weighted by molar-refractivity contribution is 6.42. The zero-order chi connectivity index (χ0) is 21.4. The molecule has 2 heterocycles. The van der Waals surface area contributed by atoms with E-state index < -0.39 is 12.1 Å². The number of nitrogens with zero attached hydrogens (tertiary/aromatic N) is 3. The molecule has 0 saturated carbocycles. The smallest absolute Gasteiger partial charge is 0.344 e. The lowest BCUT2D eigenvalue weighted by atomic mass is 10.2. The molecule has 0 spiro atoms. The van der Waals surface area contributed by atoms with Gasteiger partial charge in [0, 0.05) is 7.11 Å². The van der Waals surface area contributed by atoms with Gasteiger partial charge in [-0.1, -0.05) is 35.3 Å². The van der Waals surface area contributed by atoms with Crippen LogP contribution in [0.2, 0.25) is 10.0 Å². The predicted molar refractivity (Wildman–Crippen MR) is 118 cm³/mol. The van der Waals surface area contributed by atoms with Gasteiger partial charge in [-0.3, -0.25) is 4.57 Å². The molecule has 154 valence electrons. The van der Waals surface area contributed by atoms with Gasteiger partial charge >= 0.3 is 5.97 Å². The van der Waals surface area contributed by atoms with Crippen LogP contribution in [0.5, 0.6) is 0 Å². The molecule has 30 heavy (non-hydrogen) atoms. The Morgan fingerprint density at radius 1 is 1.13 bits per heavy atom. The molecule has 7 nitrogen and oxygen atoms in total. The second-order valence-corrected chi connectivity index (χ2v) is 7.56. The summed E-state index contributed by atoms with van der Waals surface area (Å²) in [4.78, 5) is 22.3. The first kappa shape index (κ1) is 20.4. The van der Waals surface area contributed by atoms with E-state index in [2.05, 4.69) is 4.98 Å². The number of rotatable bonds is 5. The van der Waals surface area contributed by atoms with Crippen LogP contribution in [0, 0.1) is 0 Å². The number of benzene rings is 2. The molecule has 0 aliphatic carbocycles. The van der Waals surface area contributed by atoms with Crippen molar-refractivity contribution in [2.24, 2.45) is 0 Å². The van der Waals surface area contributed by atoms with Crippen LogP contribution in [0.1, 0.15) is 17.3 Å². The molecule has 1 atom stereocenters. The minimum atomic E-state index is -0.606. The Bertz CT molecular complexity index is 1270. The van der Waals surface area contributed by atoms with E-state index in [9.17, 15) is 4.79 Å². The number of fused-ring (bicyclic) bond motifs is 2. The maximum Gasteiger partial charge on any atom is 0.344 e. The van der Waals surface area contributed by atoms with Gasteiger partial charge in [-0.15, -0.1) is 0 Å². The van der Waals surface area contributed by atoms with Crippen LogP contribution in [0.25, 0.3) is 27.9 Å². The minimum absolute atomic E-state index is 0.136. The lowest BCUT2D eigenvalue weighted by Crippen LogP contribution is -2.20. The molecule has 2 aromatic heterocycles. The number of hydrogen-bond donors (Lipinski definition) is 1. The van der Waals surface area contributed by atoms with Gasteiger partial charge in [-0.2, -0.15) is 0 Å². The van der Waals surface area contributed by atoms with E-state index in [-0.39, 0.29) is 18.0 Å². The lowest BCUT2D eigenvalue weighted by Gasteiger charge is -2.12. The lowest BCUT2D eigenvalue weighted by molar-refractivity contribution is 0.0123. The Hall–Kier alpha value is -2.87. The maximum atomic E-state index is 13.0. The van der Waals surface area contributed by atoms with Crippen LogP contribution >= 0.6 is 23.2 Å². The van der Waals surface area contributed by atoms with E-state index in [4.69, 9.17) is 43.4 Å². The highest BCUT2D eigenvalue weighted by atomic mass is 35.5. The molecule has 0 bridgehead atoms. The maximum absolute atomic E-state index is 13.0. The summed E-state index contributed by atoms with van der Waals surface area (Å²) in [6, 6.07) is 12.4. The van der Waals surface area contributed by atoms with Crippen molar-refractivity contribution in [3.05, 3.63) is 58.1 Å². The Morgan fingerprint density at radius 3 is 2.50 bits per heavy atom. The third-order valence-electron chi connectivity index (χ3n) is 4.57. The average molecular weight is 445 g/mol. The molecule has 0 aliphatic heterocycles. The summed E-state index contributed by atoms with van der Waals surface area (Å²) >= 11 is 12.3. The third-order valence-corrected chi connectivity index (χ3v) is 5.31. The van der Waals surface area contributed by atoms with Crippen LogP contribution in [-0.4, -0.2) is 40.3 Å². The quantitative estimate of drug-likeness (QED) is 0.450. The van der Waals surface area contributed by atoms with Gasteiger partial charge in [0.2, 0.25) is 0 Å². The number of halogens is 2. The van der Waals surface area contributed by atoms with Gasteiger partial charge in [0.15, 0.2) is 5.65 Å². The second-order valence-electron chi connectivity index (χ2n) is 6.75. The molecule has 0 radical (unpaired) electrons. The fraction of sp³-hybridized carbons (Fsp3) is 0.190. The SMILES string of the molecule is COC[C@@H](C)OC(=O)c1c(N)n(-c2ccc(Cl)c(Cl)c2)c2nc3ccccc3nc12. The fourth-order valence-corrected chi connectivity index (χ4v) is 3.55. The van der Waals surface area contributed by atoms with Crippen LogP contribution in [-0.2, 0) is 9.47 Å². The summed E-state index contributed by atoms with van der Waals surface area (Å²) < 4.78 is 12.2. The van der Waals surface area contributed by atoms with Gasteiger partial charge in [0.25, 0.3) is 0 Å². The van der Waals surface area contributed by atoms with Crippen LogP contribution in [0.4, 0.5) is 5.82 Å². The normalized spacial score (nSPS) is 12.4. The number of carbonyl (C=O) groups excluding carboxylic acids is 1. The Morgan fingerprint density at radius 2 is 1.83 bits per heavy atom. The van der Waals surface area contributed by atoms with Gasteiger partial charge < -0.3 is 15.2 Å². The number of hydrogen-bond acceptors (Lipinski definition) is 6. The van der Waals surface area contributed by atoms with Crippen molar-refractivity contribution in [1.29, 1.82) is 0 Å². The van der Waals surface area contributed by atoms with Gasteiger partial charge in [-0.05, 0) is 37.3 Å². The van der Waals surface area contributed by atoms with Crippen molar-refractivity contribution in [1.82, 2.24) is 14.5 Å². The number of nitrogen functional groups attached to an aromatic ring is 1. The van der Waals surface area contributed by atoms with E-state index in [1.807, 2.05) is 24.3 Å². The van der Waals surface area contributed by atoms with Crippen LogP contribution in [0.15, 0.2) is 42.5 Å². The van der Waals surface area contributed by atoms with E-state index in [0.29, 0.717) is 37.9 Å². The standard InChI is InChI=1S/C21H18Cl2N4O3/c1-11(10-29-2)30-21(28)17-18-20(26-16-6-4-3-5-15(16)25-18)27(19(17)24)12-7-8-13(22)14(23)9-12/h3-9,11H,10,24H2,1-2H3/t11-/m1/s1. The fourth-order valence-electron chi connectivity index (χ4n) is 3.26. The Balaban J connectivity index is 1.98. The van der Waals surface area contributed by atoms with Crippen molar-refractivity contribution < 1.29 is 14.3 Å². The topological polar surface area (TPSA) is 92.3 Å². The molecular weight excluding hydrogens is 427 g/mol. The first-order valence-corrected chi connectivity index (χ1v) is 9.88. The van der Waals surface area contributed by atoms with E-state index in [1.54, 1.807) is 29.7 Å². The molecule has 0 aliphatic rings. The molecular formula is C21H18Cl2N4O3. The number of nitrogens with two attached hydrogens (primary N) is 1. The van der Waals surface area contributed by atoms with Crippen molar-refractivity contribution in [3.63, 3.8) is 0 Å². The number of methoxy groups -OCH3 is 1. The van der Waals surface area contributed by atoms with Crippen molar-refractivity contribution in [3.8, 4) is 5.69 Å². The third kappa shape index (κ3) is 3.56. The summed E-state index contributed by atoms with van der Waals surface area (Å²) in [6.07, 6.45) is -0.460. The number of carbonyl (C=O) groups is 1. The zero-order valence-corrected chi connectivity index (χ0v) is 17.7. The molecule has 0 fully saturated rings. The van der Waals surface area contributed by atoms with Gasteiger partial charge in [0.1, 0.15) is 23.0 Å². The Labute approximate surface area is 182 Å². The predicted octanol–water partition coefficient (Wildman–Crippen LogP) is 4.65. The van der Waals surface area contributed by atoms with Crippen LogP contribution in [0.3, 0.4) is 0 Å². The van der Waals surface area contributed by atoms with Crippen LogP contribution < -0.4 is 5.73 Å². The number of para-hydroxylation sites is 2. The van der Waals surface area contributed by atoms with Gasteiger partial charge in [-0.25, -0.2) is 14.8 Å². The molecule has 0 saturated heterocycles. The van der Waals surface area contributed by atoms with Crippen molar-refractivity contribution >= 4 is 57.2 Å². The van der Waals surface area contributed by atoms with Crippen molar-refractivity contribution in [2.45, 2.75) is 13.0 Å². The number of ether oxygens (including phenoxy) is 2. The molecule has 2 aromatic carbocycles. The summed E-state index contributed by atoms with van der Waals surface area (Å²) in [7, 11) is 1.53.